The number of hydrogen-bond acceptors (Lipinski definition) is 4. The van der Waals surface area contributed by atoms with Gasteiger partial charge in [-0.1, -0.05) is 12.8 Å². The topological polar surface area (TPSA) is 104 Å². The molecule has 1 aliphatic heterocycles. The summed E-state index contributed by atoms with van der Waals surface area (Å²) in [6.07, 6.45) is 2.84. The van der Waals surface area contributed by atoms with Gasteiger partial charge in [0.05, 0.1) is 12.3 Å². The van der Waals surface area contributed by atoms with Gasteiger partial charge in [-0.15, -0.1) is 0 Å². The number of aliphatic carboxylic acids is 1. The molecule has 7 nitrogen and oxygen atoms in total. The molecule has 2 rings (SSSR count). The lowest BCUT2D eigenvalue weighted by atomic mass is 9.98. The van der Waals surface area contributed by atoms with Gasteiger partial charge in [0.15, 0.2) is 0 Å². The molecule has 19 heavy (non-hydrogen) atoms. The molecule has 1 saturated carbocycles. The molecular weight excluding hydrogens is 272 g/mol. The molecule has 2 N–H and O–H groups in total. The molecule has 1 heterocycles. The van der Waals surface area contributed by atoms with Crippen molar-refractivity contribution in [1.29, 1.82) is 0 Å². The Balaban J connectivity index is 1.99. The van der Waals surface area contributed by atoms with E-state index in [0.717, 1.165) is 17.1 Å². The van der Waals surface area contributed by atoms with E-state index in [0.29, 0.717) is 25.8 Å². The van der Waals surface area contributed by atoms with E-state index in [1.54, 1.807) is 0 Å². The number of rotatable bonds is 4. The highest BCUT2D eigenvalue weighted by molar-refractivity contribution is 7.89. The van der Waals surface area contributed by atoms with Gasteiger partial charge >= 0.3 is 5.97 Å². The SMILES string of the molecule is O=C(CN1CCCS1(=O)=O)NC1(C(=O)O)CCCC1. The van der Waals surface area contributed by atoms with Gasteiger partial charge in [0.2, 0.25) is 15.9 Å². The van der Waals surface area contributed by atoms with E-state index >= 15 is 0 Å². The third-order valence-electron chi connectivity index (χ3n) is 3.77. The van der Waals surface area contributed by atoms with Crippen molar-refractivity contribution in [3.63, 3.8) is 0 Å². The number of carbonyl (C=O) groups is 2. The maximum atomic E-state index is 11.9. The normalized spacial score (nSPS) is 25.3. The van der Waals surface area contributed by atoms with E-state index in [1.807, 2.05) is 0 Å². The van der Waals surface area contributed by atoms with Crippen LogP contribution >= 0.6 is 0 Å². The summed E-state index contributed by atoms with van der Waals surface area (Å²) in [5.74, 6) is -1.51. The van der Waals surface area contributed by atoms with Gasteiger partial charge in [0.25, 0.3) is 0 Å². The molecule has 2 fully saturated rings. The molecule has 0 radical (unpaired) electrons. The first-order valence-electron chi connectivity index (χ1n) is 6.38. The molecule has 1 amide bonds. The second kappa shape index (κ2) is 5.09. The first kappa shape index (κ1) is 14.3. The van der Waals surface area contributed by atoms with Crippen LogP contribution in [-0.2, 0) is 19.6 Å². The van der Waals surface area contributed by atoms with E-state index in [9.17, 15) is 23.1 Å². The number of nitrogens with one attached hydrogen (secondary N) is 1. The highest BCUT2D eigenvalue weighted by Crippen LogP contribution is 2.30. The van der Waals surface area contributed by atoms with Crippen LogP contribution in [0.5, 0.6) is 0 Å². The molecule has 0 aromatic carbocycles. The fourth-order valence-electron chi connectivity index (χ4n) is 2.71. The molecule has 0 atom stereocenters. The van der Waals surface area contributed by atoms with E-state index in [-0.39, 0.29) is 12.3 Å². The molecule has 8 heteroatoms. The monoisotopic (exact) mass is 290 g/mol. The van der Waals surface area contributed by atoms with E-state index in [4.69, 9.17) is 0 Å². The van der Waals surface area contributed by atoms with Crippen molar-refractivity contribution < 1.29 is 23.1 Å². The first-order valence-corrected chi connectivity index (χ1v) is 7.99. The summed E-state index contributed by atoms with van der Waals surface area (Å²) in [4.78, 5) is 23.1. The second-order valence-electron chi connectivity index (χ2n) is 5.15. The standard InChI is InChI=1S/C11H18N2O5S/c14-9(8-13-6-3-7-19(13,17)18)12-11(10(15)16)4-1-2-5-11/h1-8H2,(H,12,14)(H,15,16). The molecule has 0 unspecified atom stereocenters. The fraction of sp³-hybridized carbons (Fsp3) is 0.818. The summed E-state index contributed by atoms with van der Waals surface area (Å²) in [6, 6.07) is 0. The van der Waals surface area contributed by atoms with Gasteiger partial charge in [0.1, 0.15) is 5.54 Å². The molecule has 0 aromatic heterocycles. The summed E-state index contributed by atoms with van der Waals surface area (Å²) in [6.45, 7) is 0.0488. The van der Waals surface area contributed by atoms with Crippen LogP contribution < -0.4 is 5.32 Å². The number of nitrogens with zero attached hydrogens (tertiary/aromatic N) is 1. The summed E-state index contributed by atoms with van der Waals surface area (Å²) >= 11 is 0. The van der Waals surface area contributed by atoms with Crippen molar-refractivity contribution in [3.05, 3.63) is 0 Å². The van der Waals surface area contributed by atoms with Gasteiger partial charge in [-0.2, -0.15) is 4.31 Å². The molecule has 0 bridgehead atoms. The Morgan fingerprint density at radius 2 is 1.84 bits per heavy atom. The average molecular weight is 290 g/mol. The van der Waals surface area contributed by atoms with Gasteiger partial charge in [-0.25, -0.2) is 13.2 Å². The zero-order valence-electron chi connectivity index (χ0n) is 10.6. The Labute approximate surface area is 112 Å². The van der Waals surface area contributed by atoms with Gasteiger partial charge in [-0.05, 0) is 19.3 Å². The van der Waals surface area contributed by atoms with Crippen LogP contribution in [0.2, 0.25) is 0 Å². The number of hydrogen-bond donors (Lipinski definition) is 2. The maximum absolute atomic E-state index is 11.9. The molecule has 0 spiro atoms. The zero-order valence-corrected chi connectivity index (χ0v) is 11.4. The van der Waals surface area contributed by atoms with Crippen LogP contribution in [0.25, 0.3) is 0 Å². The number of amides is 1. The quantitative estimate of drug-likeness (QED) is 0.729. The van der Waals surface area contributed by atoms with Crippen molar-refractivity contribution in [1.82, 2.24) is 9.62 Å². The van der Waals surface area contributed by atoms with Crippen LogP contribution in [0.3, 0.4) is 0 Å². The molecule has 1 saturated heterocycles. The lowest BCUT2D eigenvalue weighted by molar-refractivity contribution is -0.147. The van der Waals surface area contributed by atoms with Crippen molar-refractivity contribution in [3.8, 4) is 0 Å². The minimum absolute atomic E-state index is 0.0599. The zero-order chi connectivity index (χ0) is 14.1. The van der Waals surface area contributed by atoms with Gasteiger partial charge < -0.3 is 10.4 Å². The Hall–Kier alpha value is -1.15. The van der Waals surface area contributed by atoms with Crippen molar-refractivity contribution in [2.24, 2.45) is 0 Å². The highest BCUT2D eigenvalue weighted by Gasteiger charge is 2.43. The van der Waals surface area contributed by atoms with E-state index in [2.05, 4.69) is 5.32 Å². The van der Waals surface area contributed by atoms with Crippen molar-refractivity contribution >= 4 is 21.9 Å². The third kappa shape index (κ3) is 2.89. The number of carboxylic acids is 1. The number of carbonyl (C=O) groups excluding carboxylic acids is 1. The third-order valence-corrected chi connectivity index (χ3v) is 5.67. The summed E-state index contributed by atoms with van der Waals surface area (Å²) in [5.41, 5.74) is -1.21. The second-order valence-corrected chi connectivity index (χ2v) is 7.23. The predicted octanol–water partition coefficient (Wildman–Crippen LogP) is -0.464. The van der Waals surface area contributed by atoms with Crippen LogP contribution in [0.1, 0.15) is 32.1 Å². The number of sulfonamides is 1. The Kier molecular flexibility index (Phi) is 3.82. The van der Waals surface area contributed by atoms with Gasteiger partial charge in [-0.3, -0.25) is 4.79 Å². The minimum atomic E-state index is -3.33. The fourth-order valence-corrected chi connectivity index (χ4v) is 4.18. The maximum Gasteiger partial charge on any atom is 0.329 e. The van der Waals surface area contributed by atoms with Gasteiger partial charge in [0, 0.05) is 6.54 Å². The lowest BCUT2D eigenvalue weighted by Gasteiger charge is -2.26. The minimum Gasteiger partial charge on any atom is -0.480 e. The summed E-state index contributed by atoms with van der Waals surface area (Å²) in [5, 5.41) is 11.7. The smallest absolute Gasteiger partial charge is 0.329 e. The van der Waals surface area contributed by atoms with Crippen LogP contribution in [0.4, 0.5) is 0 Å². The molecule has 0 aromatic rings. The van der Waals surface area contributed by atoms with Crippen LogP contribution in [-0.4, -0.2) is 54.1 Å². The predicted molar refractivity (Wildman–Crippen MR) is 67.0 cm³/mol. The average Bonchev–Trinajstić information content (AvgIpc) is 2.88. The first-order chi connectivity index (χ1) is 8.86. The van der Waals surface area contributed by atoms with E-state index in [1.165, 1.54) is 0 Å². The summed E-state index contributed by atoms with van der Waals surface area (Å²) in [7, 11) is -3.33. The Bertz CT molecular complexity index is 481. The van der Waals surface area contributed by atoms with E-state index < -0.39 is 27.4 Å². The molecule has 108 valence electrons. The van der Waals surface area contributed by atoms with Crippen LogP contribution in [0.15, 0.2) is 0 Å². The van der Waals surface area contributed by atoms with Crippen LogP contribution in [0, 0.1) is 0 Å². The Morgan fingerprint density at radius 1 is 1.21 bits per heavy atom. The molecule has 1 aliphatic carbocycles. The largest absolute Gasteiger partial charge is 0.480 e. The Morgan fingerprint density at radius 3 is 2.32 bits per heavy atom. The van der Waals surface area contributed by atoms with Crippen molar-refractivity contribution in [2.45, 2.75) is 37.6 Å². The molecular formula is C11H18N2O5S. The highest BCUT2D eigenvalue weighted by atomic mass is 32.2. The molecule has 2 aliphatic rings. The number of carboxylic acid groups (broad SMARTS) is 1. The lowest BCUT2D eigenvalue weighted by Crippen LogP contribution is -2.54. The van der Waals surface area contributed by atoms with Crippen molar-refractivity contribution in [2.75, 3.05) is 18.8 Å². The summed E-state index contributed by atoms with van der Waals surface area (Å²) < 4.78 is 24.3.